The highest BCUT2D eigenvalue weighted by molar-refractivity contribution is 5.18. The third-order valence-electron chi connectivity index (χ3n) is 5.39. The predicted molar refractivity (Wildman–Crippen MR) is 71.4 cm³/mol. The van der Waals surface area contributed by atoms with Crippen LogP contribution in [0.15, 0.2) is 18.3 Å². The highest BCUT2D eigenvalue weighted by atomic mass is 19.4. The molecule has 4 atom stereocenters. The highest BCUT2D eigenvalue weighted by Crippen LogP contribution is 2.47. The molecule has 0 saturated carbocycles. The lowest BCUT2D eigenvalue weighted by atomic mass is 9.82. The number of hydrogen-bond acceptors (Lipinski definition) is 3. The minimum atomic E-state index is -4.35. The van der Waals surface area contributed by atoms with Crippen molar-refractivity contribution in [2.24, 2.45) is 11.8 Å². The van der Waals surface area contributed by atoms with Gasteiger partial charge in [-0.3, -0.25) is 9.88 Å². The summed E-state index contributed by atoms with van der Waals surface area (Å²) in [5.74, 6) is 1.46. The Hall–Kier alpha value is -1.14. The maximum atomic E-state index is 12.5. The Morgan fingerprint density at radius 2 is 1.81 bits per heavy atom. The number of rotatable bonds is 2. The van der Waals surface area contributed by atoms with E-state index < -0.39 is 11.9 Å². The van der Waals surface area contributed by atoms with E-state index in [0.29, 0.717) is 12.1 Å². The molecule has 1 aromatic rings. The summed E-state index contributed by atoms with van der Waals surface area (Å²) >= 11 is 0. The summed E-state index contributed by atoms with van der Waals surface area (Å²) in [5, 5.41) is 3.47. The minimum absolute atomic E-state index is 0.595. The van der Waals surface area contributed by atoms with Gasteiger partial charge in [-0.1, -0.05) is 6.07 Å². The van der Waals surface area contributed by atoms with Gasteiger partial charge < -0.3 is 5.32 Å². The molecule has 0 aromatic carbocycles. The van der Waals surface area contributed by atoms with Crippen LogP contribution in [0.4, 0.5) is 13.2 Å². The maximum Gasteiger partial charge on any atom is 0.433 e. The third kappa shape index (κ3) is 2.16. The zero-order valence-electron chi connectivity index (χ0n) is 11.6. The van der Waals surface area contributed by atoms with Crippen molar-refractivity contribution in [2.45, 2.75) is 37.6 Å². The van der Waals surface area contributed by atoms with Crippen LogP contribution in [0.25, 0.3) is 0 Å². The van der Waals surface area contributed by atoms with Gasteiger partial charge in [0.1, 0.15) is 5.69 Å². The molecule has 6 heteroatoms. The van der Waals surface area contributed by atoms with Gasteiger partial charge in [0.2, 0.25) is 0 Å². The molecule has 114 valence electrons. The number of alkyl halides is 3. The van der Waals surface area contributed by atoms with Gasteiger partial charge in [0, 0.05) is 24.8 Å². The molecule has 0 amide bonds. The van der Waals surface area contributed by atoms with Crippen LogP contribution in [0.3, 0.4) is 0 Å². The molecule has 0 spiro atoms. The molecule has 1 aromatic heterocycles. The number of nitrogens with zero attached hydrogens (tertiary/aromatic N) is 2. The summed E-state index contributed by atoms with van der Waals surface area (Å²) in [5.41, 5.74) is 0.0737. The smallest absolute Gasteiger partial charge is 0.316 e. The van der Waals surface area contributed by atoms with Gasteiger partial charge >= 0.3 is 6.18 Å². The van der Waals surface area contributed by atoms with Crippen molar-refractivity contribution in [1.29, 1.82) is 0 Å². The number of nitrogens with one attached hydrogen (secondary N) is 1. The zero-order valence-corrected chi connectivity index (χ0v) is 11.6. The van der Waals surface area contributed by atoms with Crippen molar-refractivity contribution >= 4 is 0 Å². The highest BCUT2D eigenvalue weighted by Gasteiger charge is 2.54. The minimum Gasteiger partial charge on any atom is -0.316 e. The Morgan fingerprint density at radius 1 is 1.14 bits per heavy atom. The number of aromatic nitrogens is 1. The fourth-order valence-corrected chi connectivity index (χ4v) is 4.53. The van der Waals surface area contributed by atoms with E-state index in [2.05, 4.69) is 15.2 Å². The molecule has 4 heterocycles. The second-order valence-corrected chi connectivity index (χ2v) is 6.42. The summed E-state index contributed by atoms with van der Waals surface area (Å²) in [6, 6.07) is 3.85. The predicted octanol–water partition coefficient (Wildman–Crippen LogP) is 2.28. The van der Waals surface area contributed by atoms with Crippen LogP contribution in [-0.2, 0) is 12.7 Å². The maximum absolute atomic E-state index is 12.5. The molecule has 4 rings (SSSR count). The number of pyridine rings is 1. The van der Waals surface area contributed by atoms with Crippen molar-refractivity contribution in [3.8, 4) is 0 Å². The van der Waals surface area contributed by atoms with E-state index in [-0.39, 0.29) is 0 Å². The Morgan fingerprint density at radius 3 is 2.33 bits per heavy atom. The lowest BCUT2D eigenvalue weighted by Gasteiger charge is -2.24. The first-order chi connectivity index (χ1) is 10.0. The average Bonchev–Trinajstić information content (AvgIpc) is 3.10. The summed E-state index contributed by atoms with van der Waals surface area (Å²) in [7, 11) is 0. The monoisotopic (exact) mass is 297 g/mol. The number of fused-ring (bicyclic) bond motifs is 5. The first-order valence-electron chi connectivity index (χ1n) is 7.52. The first kappa shape index (κ1) is 13.5. The van der Waals surface area contributed by atoms with Gasteiger partial charge in [0.05, 0.1) is 0 Å². The van der Waals surface area contributed by atoms with Crippen LogP contribution < -0.4 is 5.32 Å². The number of hydrogen-bond donors (Lipinski definition) is 1. The van der Waals surface area contributed by atoms with E-state index in [4.69, 9.17) is 0 Å². The number of halogens is 3. The largest absolute Gasteiger partial charge is 0.433 e. The van der Waals surface area contributed by atoms with E-state index in [1.807, 2.05) is 0 Å². The lowest BCUT2D eigenvalue weighted by molar-refractivity contribution is -0.141. The Balaban J connectivity index is 1.50. The fraction of sp³-hybridized carbons (Fsp3) is 0.667. The van der Waals surface area contributed by atoms with Gasteiger partial charge in [-0.15, -0.1) is 0 Å². The quantitative estimate of drug-likeness (QED) is 0.908. The molecular formula is C15H18F3N3. The summed E-state index contributed by atoms with van der Waals surface area (Å²) < 4.78 is 37.6. The molecular weight excluding hydrogens is 279 g/mol. The van der Waals surface area contributed by atoms with E-state index in [1.165, 1.54) is 19.0 Å². The van der Waals surface area contributed by atoms with Gasteiger partial charge in [-0.2, -0.15) is 13.2 Å². The Kier molecular flexibility index (Phi) is 3.01. The molecule has 3 nitrogen and oxygen atoms in total. The average molecular weight is 297 g/mol. The van der Waals surface area contributed by atoms with Crippen LogP contribution in [0.2, 0.25) is 0 Å². The molecule has 0 radical (unpaired) electrons. The molecule has 1 N–H and O–H groups in total. The second kappa shape index (κ2) is 4.68. The van der Waals surface area contributed by atoms with Crippen molar-refractivity contribution < 1.29 is 13.2 Å². The van der Waals surface area contributed by atoms with Gasteiger partial charge in [-0.25, -0.2) is 0 Å². The molecule has 0 aliphatic carbocycles. The van der Waals surface area contributed by atoms with Crippen molar-refractivity contribution in [3.05, 3.63) is 29.6 Å². The van der Waals surface area contributed by atoms with Gasteiger partial charge in [0.15, 0.2) is 0 Å². The van der Waals surface area contributed by atoms with Crippen LogP contribution in [0.1, 0.15) is 24.1 Å². The summed E-state index contributed by atoms with van der Waals surface area (Å²) in [6.45, 7) is 2.91. The molecule has 3 aliphatic heterocycles. The van der Waals surface area contributed by atoms with E-state index in [9.17, 15) is 13.2 Å². The Labute approximate surface area is 121 Å². The van der Waals surface area contributed by atoms with Crippen molar-refractivity contribution in [1.82, 2.24) is 15.2 Å². The molecule has 2 bridgehead atoms. The van der Waals surface area contributed by atoms with Crippen LogP contribution in [0, 0.1) is 11.8 Å². The van der Waals surface area contributed by atoms with Crippen LogP contribution in [-0.4, -0.2) is 35.1 Å². The molecule has 3 aliphatic rings. The van der Waals surface area contributed by atoms with Crippen molar-refractivity contribution in [2.75, 3.05) is 13.1 Å². The molecule has 21 heavy (non-hydrogen) atoms. The lowest BCUT2D eigenvalue weighted by Crippen LogP contribution is -2.33. The Bertz CT molecular complexity index is 510. The van der Waals surface area contributed by atoms with Crippen LogP contribution in [0.5, 0.6) is 0 Å². The zero-order chi connectivity index (χ0) is 14.6. The normalized spacial score (nSPS) is 35.4. The summed E-state index contributed by atoms with van der Waals surface area (Å²) in [6.07, 6.45) is -0.522. The van der Waals surface area contributed by atoms with E-state index in [1.54, 1.807) is 6.07 Å². The second-order valence-electron chi connectivity index (χ2n) is 6.42. The third-order valence-corrected chi connectivity index (χ3v) is 5.39. The fourth-order valence-electron chi connectivity index (χ4n) is 4.53. The van der Waals surface area contributed by atoms with Crippen molar-refractivity contribution in [3.63, 3.8) is 0 Å². The van der Waals surface area contributed by atoms with Gasteiger partial charge in [0.25, 0.3) is 0 Å². The van der Waals surface area contributed by atoms with Crippen LogP contribution >= 0.6 is 0 Å². The molecule has 3 saturated heterocycles. The van der Waals surface area contributed by atoms with E-state index >= 15 is 0 Å². The standard InChI is InChI=1S/C15H18F3N3/c16-15(17,18)14-4-1-9(5-20-14)8-21-12-2-3-13(21)11-7-19-6-10(11)12/h1,4-5,10-13,19H,2-3,6-8H2/t10-,11+,12-,13+. The SMILES string of the molecule is FC(F)(F)c1ccc(CN2[C@@H]3CC[C@H]2[C@H]2CNC[C@H]23)cn1. The molecule has 0 unspecified atom stereocenters. The summed E-state index contributed by atoms with van der Waals surface area (Å²) in [4.78, 5) is 6.07. The molecule has 3 fully saturated rings. The van der Waals surface area contributed by atoms with Gasteiger partial charge in [-0.05, 0) is 49.4 Å². The topological polar surface area (TPSA) is 28.2 Å². The first-order valence-corrected chi connectivity index (χ1v) is 7.52. The van der Waals surface area contributed by atoms with E-state index in [0.717, 1.165) is 43.1 Å².